The number of hydrogen-bond donors (Lipinski definition) is 1. The minimum Gasteiger partial charge on any atom is -0.341 e. The molecule has 72 valence electrons. The summed E-state index contributed by atoms with van der Waals surface area (Å²) in [5.74, 6) is 0.480. The van der Waals surface area contributed by atoms with Gasteiger partial charge in [-0.25, -0.2) is 0 Å². The lowest BCUT2D eigenvalue weighted by molar-refractivity contribution is -0.133. The Morgan fingerprint density at radius 2 is 1.67 bits per heavy atom. The highest BCUT2D eigenvalue weighted by atomic mass is 16.2. The Bertz CT molecular complexity index is 155. The SMILES string of the molecule is CC(N)C(=O)N(C)C(C)C(C)C. The van der Waals surface area contributed by atoms with E-state index in [2.05, 4.69) is 13.8 Å². The van der Waals surface area contributed by atoms with Crippen molar-refractivity contribution in [3.8, 4) is 0 Å². The normalized spacial score (nSPS) is 15.9. The molecule has 0 saturated heterocycles. The van der Waals surface area contributed by atoms with Crippen molar-refractivity contribution in [1.82, 2.24) is 4.90 Å². The molecule has 0 fully saturated rings. The second kappa shape index (κ2) is 4.45. The smallest absolute Gasteiger partial charge is 0.239 e. The maximum absolute atomic E-state index is 11.4. The van der Waals surface area contributed by atoms with Crippen LogP contribution >= 0.6 is 0 Å². The number of carbonyl (C=O) groups excluding carboxylic acids is 1. The second-order valence-corrected chi connectivity index (χ2v) is 3.72. The van der Waals surface area contributed by atoms with Crippen LogP contribution < -0.4 is 5.73 Å². The van der Waals surface area contributed by atoms with Gasteiger partial charge < -0.3 is 10.6 Å². The van der Waals surface area contributed by atoms with E-state index in [1.165, 1.54) is 0 Å². The van der Waals surface area contributed by atoms with Crippen molar-refractivity contribution in [2.24, 2.45) is 11.7 Å². The number of nitrogens with zero attached hydrogens (tertiary/aromatic N) is 1. The third-order valence-corrected chi connectivity index (χ3v) is 2.31. The van der Waals surface area contributed by atoms with E-state index < -0.39 is 6.04 Å². The predicted octanol–water partition coefficient (Wildman–Crippen LogP) is 0.837. The Kier molecular flexibility index (Phi) is 4.24. The van der Waals surface area contributed by atoms with Gasteiger partial charge in [0.1, 0.15) is 0 Å². The lowest BCUT2D eigenvalue weighted by atomic mass is 10.0. The number of rotatable bonds is 3. The second-order valence-electron chi connectivity index (χ2n) is 3.72. The molecule has 0 spiro atoms. The molecule has 2 atom stereocenters. The Morgan fingerprint density at radius 1 is 1.25 bits per heavy atom. The molecule has 0 rings (SSSR count). The molecule has 3 nitrogen and oxygen atoms in total. The van der Waals surface area contributed by atoms with Crippen LogP contribution in [0.3, 0.4) is 0 Å². The molecule has 0 aromatic heterocycles. The number of amides is 1. The standard InChI is InChI=1S/C9H20N2O/c1-6(2)8(4)11(5)9(12)7(3)10/h6-8H,10H2,1-5H3. The van der Waals surface area contributed by atoms with Crippen molar-refractivity contribution in [3.05, 3.63) is 0 Å². The van der Waals surface area contributed by atoms with E-state index in [1.54, 1.807) is 18.9 Å². The first-order valence-electron chi connectivity index (χ1n) is 4.40. The van der Waals surface area contributed by atoms with Crippen LogP contribution in [0.2, 0.25) is 0 Å². The van der Waals surface area contributed by atoms with Crippen molar-refractivity contribution in [3.63, 3.8) is 0 Å². The molecule has 0 aromatic rings. The van der Waals surface area contributed by atoms with Crippen LogP contribution in [-0.2, 0) is 4.79 Å². The average molecular weight is 172 g/mol. The molecule has 3 heteroatoms. The fourth-order valence-electron chi connectivity index (χ4n) is 0.969. The molecule has 0 bridgehead atoms. The van der Waals surface area contributed by atoms with Gasteiger partial charge in [0.05, 0.1) is 6.04 Å². The topological polar surface area (TPSA) is 46.3 Å². The number of carbonyl (C=O) groups is 1. The van der Waals surface area contributed by atoms with E-state index in [0.29, 0.717) is 5.92 Å². The number of likely N-dealkylation sites (N-methyl/N-ethyl adjacent to an activating group) is 1. The first-order chi connectivity index (χ1) is 5.37. The Morgan fingerprint density at radius 3 is 1.92 bits per heavy atom. The summed E-state index contributed by atoms with van der Waals surface area (Å²) in [5.41, 5.74) is 5.48. The molecular formula is C9H20N2O. The summed E-state index contributed by atoms with van der Waals surface area (Å²) in [5, 5.41) is 0. The first kappa shape index (κ1) is 11.4. The molecule has 1 amide bonds. The molecule has 0 aromatic carbocycles. The van der Waals surface area contributed by atoms with E-state index in [1.807, 2.05) is 6.92 Å². The molecule has 2 unspecified atom stereocenters. The summed E-state index contributed by atoms with van der Waals surface area (Å²) in [6.07, 6.45) is 0. The van der Waals surface area contributed by atoms with Crippen molar-refractivity contribution < 1.29 is 4.79 Å². The molecule has 0 heterocycles. The summed E-state index contributed by atoms with van der Waals surface area (Å²) in [6.45, 7) is 7.93. The predicted molar refractivity (Wildman–Crippen MR) is 50.7 cm³/mol. The lowest BCUT2D eigenvalue weighted by Crippen LogP contribution is -2.45. The van der Waals surface area contributed by atoms with Crippen LogP contribution in [-0.4, -0.2) is 29.9 Å². The Hall–Kier alpha value is -0.570. The third kappa shape index (κ3) is 2.81. The highest BCUT2D eigenvalue weighted by Gasteiger charge is 2.20. The van der Waals surface area contributed by atoms with Gasteiger partial charge in [0.2, 0.25) is 5.91 Å². The van der Waals surface area contributed by atoms with Crippen LogP contribution in [0.15, 0.2) is 0 Å². The van der Waals surface area contributed by atoms with Gasteiger partial charge in [0.25, 0.3) is 0 Å². The van der Waals surface area contributed by atoms with Crippen LogP contribution in [0.25, 0.3) is 0 Å². The molecule has 2 N–H and O–H groups in total. The van der Waals surface area contributed by atoms with Gasteiger partial charge in [-0.2, -0.15) is 0 Å². The molecule has 12 heavy (non-hydrogen) atoms. The lowest BCUT2D eigenvalue weighted by Gasteiger charge is -2.29. The molecule has 0 saturated carbocycles. The van der Waals surface area contributed by atoms with Gasteiger partial charge in [0.15, 0.2) is 0 Å². The fraction of sp³-hybridized carbons (Fsp3) is 0.889. The van der Waals surface area contributed by atoms with Gasteiger partial charge >= 0.3 is 0 Å². The number of hydrogen-bond acceptors (Lipinski definition) is 2. The van der Waals surface area contributed by atoms with Gasteiger partial charge in [-0.05, 0) is 19.8 Å². The number of nitrogens with two attached hydrogens (primary N) is 1. The van der Waals surface area contributed by atoms with Crippen molar-refractivity contribution in [1.29, 1.82) is 0 Å². The minimum atomic E-state index is -0.392. The minimum absolute atomic E-state index is 0.0104. The third-order valence-electron chi connectivity index (χ3n) is 2.31. The molecule has 0 aliphatic heterocycles. The maximum Gasteiger partial charge on any atom is 0.239 e. The van der Waals surface area contributed by atoms with E-state index in [0.717, 1.165) is 0 Å². The van der Waals surface area contributed by atoms with Crippen LogP contribution in [0.1, 0.15) is 27.7 Å². The summed E-state index contributed by atoms with van der Waals surface area (Å²) in [7, 11) is 1.80. The van der Waals surface area contributed by atoms with Gasteiger partial charge in [-0.1, -0.05) is 13.8 Å². The molecular weight excluding hydrogens is 152 g/mol. The largest absolute Gasteiger partial charge is 0.341 e. The van der Waals surface area contributed by atoms with E-state index >= 15 is 0 Å². The molecule has 0 aliphatic carbocycles. The quantitative estimate of drug-likeness (QED) is 0.685. The highest BCUT2D eigenvalue weighted by Crippen LogP contribution is 2.08. The first-order valence-corrected chi connectivity index (χ1v) is 4.40. The van der Waals surface area contributed by atoms with E-state index in [4.69, 9.17) is 5.73 Å². The van der Waals surface area contributed by atoms with Crippen LogP contribution in [0, 0.1) is 5.92 Å². The summed E-state index contributed by atoms with van der Waals surface area (Å²) < 4.78 is 0. The zero-order valence-electron chi connectivity index (χ0n) is 8.66. The van der Waals surface area contributed by atoms with E-state index in [-0.39, 0.29) is 11.9 Å². The van der Waals surface area contributed by atoms with Crippen molar-refractivity contribution in [2.45, 2.75) is 39.8 Å². The van der Waals surface area contributed by atoms with Gasteiger partial charge in [-0.3, -0.25) is 4.79 Å². The summed E-state index contributed by atoms with van der Waals surface area (Å²) in [6, 6.07) is -0.139. The van der Waals surface area contributed by atoms with Crippen LogP contribution in [0.4, 0.5) is 0 Å². The monoisotopic (exact) mass is 172 g/mol. The Balaban J connectivity index is 4.19. The highest BCUT2D eigenvalue weighted by molar-refractivity contribution is 5.81. The van der Waals surface area contributed by atoms with Crippen LogP contribution in [0.5, 0.6) is 0 Å². The zero-order valence-corrected chi connectivity index (χ0v) is 8.66. The zero-order chi connectivity index (χ0) is 9.89. The van der Waals surface area contributed by atoms with Gasteiger partial charge in [-0.15, -0.1) is 0 Å². The molecule has 0 radical (unpaired) electrons. The van der Waals surface area contributed by atoms with E-state index in [9.17, 15) is 4.79 Å². The maximum atomic E-state index is 11.4. The Labute approximate surface area is 74.9 Å². The summed E-state index contributed by atoms with van der Waals surface area (Å²) in [4.78, 5) is 13.1. The van der Waals surface area contributed by atoms with Crippen molar-refractivity contribution in [2.75, 3.05) is 7.05 Å². The fourth-order valence-corrected chi connectivity index (χ4v) is 0.969. The average Bonchev–Trinajstić information content (AvgIpc) is 2.00. The van der Waals surface area contributed by atoms with Gasteiger partial charge in [0, 0.05) is 13.1 Å². The summed E-state index contributed by atoms with van der Waals surface area (Å²) >= 11 is 0. The molecule has 0 aliphatic rings. The van der Waals surface area contributed by atoms with Crippen molar-refractivity contribution >= 4 is 5.91 Å².